The quantitative estimate of drug-likeness (QED) is 0.465. The maximum atomic E-state index is 14.5. The molecule has 0 radical (unpaired) electrons. The van der Waals surface area contributed by atoms with Gasteiger partial charge in [0.25, 0.3) is 0 Å². The van der Waals surface area contributed by atoms with Crippen LogP contribution in [0.4, 0.5) is 13.6 Å². The topological polar surface area (TPSA) is 80.6 Å². The third-order valence-electron chi connectivity index (χ3n) is 4.14. The Balaban J connectivity index is 1.68. The number of nitriles is 1. The molecule has 0 saturated carbocycles. The summed E-state index contributed by atoms with van der Waals surface area (Å²) in [6.45, 7) is 5.02. The van der Waals surface area contributed by atoms with Crippen LogP contribution < -0.4 is 14.8 Å². The molecule has 0 spiro atoms. The number of hydrogen-bond donors (Lipinski definition) is 1. The molecule has 1 amide bonds. The summed E-state index contributed by atoms with van der Waals surface area (Å²) in [5.41, 5.74) is 0.0209. The zero-order valence-corrected chi connectivity index (χ0v) is 18.3. The van der Waals surface area contributed by atoms with Crippen molar-refractivity contribution < 1.29 is 27.8 Å². The first-order chi connectivity index (χ1) is 15.6. The first kappa shape index (κ1) is 23.5. The summed E-state index contributed by atoms with van der Waals surface area (Å²) in [4.78, 5) is 11.7. The van der Waals surface area contributed by atoms with Gasteiger partial charge in [-0.05, 0) is 74.9 Å². The Kier molecular flexibility index (Phi) is 7.13. The Hall–Kier alpha value is -4.12. The molecule has 0 fully saturated rings. The van der Waals surface area contributed by atoms with Crippen molar-refractivity contribution in [2.75, 3.05) is 0 Å². The average molecular weight is 452 g/mol. The van der Waals surface area contributed by atoms with Crippen LogP contribution >= 0.6 is 0 Å². The van der Waals surface area contributed by atoms with Gasteiger partial charge < -0.3 is 19.5 Å². The third kappa shape index (κ3) is 6.94. The summed E-state index contributed by atoms with van der Waals surface area (Å²) in [6, 6.07) is 16.9. The van der Waals surface area contributed by atoms with Crippen LogP contribution in [-0.4, -0.2) is 11.7 Å². The molecule has 0 aromatic heterocycles. The second kappa shape index (κ2) is 10.0. The van der Waals surface area contributed by atoms with Crippen LogP contribution in [0.5, 0.6) is 23.0 Å². The molecule has 33 heavy (non-hydrogen) atoms. The molecule has 3 aromatic carbocycles. The van der Waals surface area contributed by atoms with Gasteiger partial charge >= 0.3 is 6.09 Å². The van der Waals surface area contributed by atoms with Gasteiger partial charge in [-0.1, -0.05) is 6.07 Å². The van der Waals surface area contributed by atoms with Gasteiger partial charge in [0, 0.05) is 12.6 Å². The van der Waals surface area contributed by atoms with Crippen LogP contribution in [0.3, 0.4) is 0 Å². The number of hydrogen-bond acceptors (Lipinski definition) is 5. The smallest absolute Gasteiger partial charge is 0.407 e. The summed E-state index contributed by atoms with van der Waals surface area (Å²) in [6.07, 6.45) is -0.692. The van der Waals surface area contributed by atoms with E-state index in [9.17, 15) is 13.6 Å². The van der Waals surface area contributed by atoms with Gasteiger partial charge in [-0.2, -0.15) is 5.26 Å². The van der Waals surface area contributed by atoms with E-state index in [1.54, 1.807) is 57.2 Å². The van der Waals surface area contributed by atoms with Crippen LogP contribution in [0.15, 0.2) is 60.7 Å². The minimum absolute atomic E-state index is 0.114. The molecular weight excluding hydrogens is 430 g/mol. The maximum Gasteiger partial charge on any atom is 0.407 e. The maximum absolute atomic E-state index is 14.5. The van der Waals surface area contributed by atoms with Crippen molar-refractivity contribution in [1.82, 2.24) is 5.32 Å². The fourth-order valence-corrected chi connectivity index (χ4v) is 2.75. The normalized spacial score (nSPS) is 10.8. The second-order valence-corrected chi connectivity index (χ2v) is 8.06. The second-order valence-electron chi connectivity index (χ2n) is 8.06. The Morgan fingerprint density at radius 1 is 0.939 bits per heavy atom. The zero-order chi connectivity index (χ0) is 24.0. The molecule has 0 unspecified atom stereocenters. The Labute approximate surface area is 190 Å². The van der Waals surface area contributed by atoms with Crippen molar-refractivity contribution >= 4 is 6.09 Å². The van der Waals surface area contributed by atoms with Crippen molar-refractivity contribution in [3.8, 4) is 29.1 Å². The van der Waals surface area contributed by atoms with E-state index in [1.807, 2.05) is 6.07 Å². The largest absolute Gasteiger partial charge is 0.457 e. The lowest BCUT2D eigenvalue weighted by molar-refractivity contribution is 0.0523. The summed E-state index contributed by atoms with van der Waals surface area (Å²) in [5, 5.41) is 11.3. The highest BCUT2D eigenvalue weighted by atomic mass is 19.1. The number of nitrogens with zero attached hydrogens (tertiary/aromatic N) is 1. The van der Waals surface area contributed by atoms with Gasteiger partial charge in [-0.25, -0.2) is 13.6 Å². The van der Waals surface area contributed by atoms with Crippen LogP contribution in [0.1, 0.15) is 31.9 Å². The molecule has 3 rings (SSSR count). The fraction of sp³-hybridized carbons (Fsp3) is 0.200. The summed E-state index contributed by atoms with van der Waals surface area (Å²) < 4.78 is 45.3. The molecule has 1 N–H and O–H groups in total. The molecule has 6 nitrogen and oxygen atoms in total. The van der Waals surface area contributed by atoms with Gasteiger partial charge in [0.15, 0.2) is 17.4 Å². The molecular formula is C25H22F2N2O4. The number of ether oxygens (including phenoxy) is 3. The van der Waals surface area contributed by atoms with Crippen LogP contribution in [-0.2, 0) is 11.3 Å². The van der Waals surface area contributed by atoms with Crippen LogP contribution in [0.25, 0.3) is 0 Å². The number of carbonyl (C=O) groups is 1. The van der Waals surface area contributed by atoms with E-state index in [4.69, 9.17) is 19.5 Å². The van der Waals surface area contributed by atoms with Gasteiger partial charge in [0.2, 0.25) is 0 Å². The molecule has 0 aliphatic carbocycles. The van der Waals surface area contributed by atoms with Gasteiger partial charge in [0.05, 0.1) is 11.6 Å². The average Bonchev–Trinajstić information content (AvgIpc) is 2.74. The Morgan fingerprint density at radius 3 is 2.12 bits per heavy atom. The van der Waals surface area contributed by atoms with Gasteiger partial charge in [0.1, 0.15) is 22.8 Å². The van der Waals surface area contributed by atoms with E-state index < -0.39 is 29.1 Å². The highest BCUT2D eigenvalue weighted by Gasteiger charge is 2.18. The number of benzene rings is 3. The van der Waals surface area contributed by atoms with Crippen molar-refractivity contribution in [2.45, 2.75) is 32.9 Å². The molecule has 0 aliphatic heterocycles. The van der Waals surface area contributed by atoms with Crippen LogP contribution in [0, 0.1) is 23.0 Å². The number of rotatable bonds is 6. The Bertz CT molecular complexity index is 1160. The van der Waals surface area contributed by atoms with Crippen molar-refractivity contribution in [3.63, 3.8) is 0 Å². The minimum atomic E-state index is -0.922. The molecule has 0 saturated heterocycles. The van der Waals surface area contributed by atoms with Gasteiger partial charge in [-0.15, -0.1) is 0 Å². The monoisotopic (exact) mass is 452 g/mol. The lowest BCUT2D eigenvalue weighted by atomic mass is 10.2. The van der Waals surface area contributed by atoms with E-state index in [0.29, 0.717) is 17.1 Å². The number of alkyl carbamates (subject to hydrolysis) is 1. The number of nitrogens with one attached hydrogen (secondary N) is 1. The van der Waals surface area contributed by atoms with Crippen molar-refractivity contribution in [2.24, 2.45) is 0 Å². The van der Waals surface area contributed by atoms with E-state index in [0.717, 1.165) is 12.1 Å². The minimum Gasteiger partial charge on any atom is -0.457 e. The molecule has 0 atom stereocenters. The molecule has 0 bridgehead atoms. The number of halogens is 2. The highest BCUT2D eigenvalue weighted by molar-refractivity contribution is 5.67. The van der Waals surface area contributed by atoms with Crippen molar-refractivity contribution in [3.05, 3.63) is 83.4 Å². The van der Waals surface area contributed by atoms with Crippen LogP contribution in [0.2, 0.25) is 0 Å². The highest BCUT2D eigenvalue weighted by Crippen LogP contribution is 2.32. The molecule has 3 aromatic rings. The molecule has 170 valence electrons. The third-order valence-corrected chi connectivity index (χ3v) is 4.14. The molecule has 8 heteroatoms. The number of amides is 1. The number of carbonyl (C=O) groups excluding carboxylic acids is 1. The lowest BCUT2D eigenvalue weighted by Gasteiger charge is -2.19. The standard InChI is InChI=1S/C25H22F2N2O4/c1-25(2,3)33-24(30)29-15-17-11-21(26)23(22(27)12-17)32-20-6-4-5-19(13-20)31-18-9-7-16(14-28)8-10-18/h4-13H,15H2,1-3H3,(H,29,30). The van der Waals surface area contributed by atoms with E-state index >= 15 is 0 Å². The first-order valence-corrected chi connectivity index (χ1v) is 10.0. The lowest BCUT2D eigenvalue weighted by Crippen LogP contribution is -2.32. The predicted molar refractivity (Wildman–Crippen MR) is 117 cm³/mol. The SMILES string of the molecule is CC(C)(C)OC(=O)NCc1cc(F)c(Oc2cccc(Oc3ccc(C#N)cc3)c2)c(F)c1. The molecule has 0 heterocycles. The summed E-state index contributed by atoms with van der Waals surface area (Å²) in [7, 11) is 0. The van der Waals surface area contributed by atoms with Gasteiger partial charge in [-0.3, -0.25) is 0 Å². The predicted octanol–water partition coefficient (Wildman–Crippen LogP) is 6.45. The zero-order valence-electron chi connectivity index (χ0n) is 18.3. The van der Waals surface area contributed by atoms with E-state index in [1.165, 1.54) is 12.1 Å². The Morgan fingerprint density at radius 2 is 1.55 bits per heavy atom. The summed E-state index contributed by atoms with van der Waals surface area (Å²) in [5.74, 6) is -1.38. The van der Waals surface area contributed by atoms with Crippen molar-refractivity contribution in [1.29, 1.82) is 5.26 Å². The first-order valence-electron chi connectivity index (χ1n) is 10.0. The van der Waals surface area contributed by atoms with E-state index in [2.05, 4.69) is 5.32 Å². The van der Waals surface area contributed by atoms with E-state index in [-0.39, 0.29) is 17.9 Å². The summed E-state index contributed by atoms with van der Waals surface area (Å²) >= 11 is 0. The fourth-order valence-electron chi connectivity index (χ4n) is 2.75. The molecule has 0 aliphatic rings.